The van der Waals surface area contributed by atoms with Gasteiger partial charge >= 0.3 is 0 Å². The third kappa shape index (κ3) is 1.52. The van der Waals surface area contributed by atoms with Crippen molar-refractivity contribution in [2.24, 2.45) is 0 Å². The first-order valence-corrected chi connectivity index (χ1v) is 3.69. The molecule has 1 rings (SSSR count). The fraction of sp³-hybridized carbons (Fsp3) is 1.00. The molecule has 1 heterocycles. The van der Waals surface area contributed by atoms with E-state index in [9.17, 15) is 4.39 Å². The summed E-state index contributed by atoms with van der Waals surface area (Å²) in [5, 5.41) is 18.2. The Balaban J connectivity index is 2.63. The Labute approximate surface area is 64.8 Å². The Morgan fingerprint density at radius 1 is 1.09 bits per heavy atom. The van der Waals surface area contributed by atoms with Crippen molar-refractivity contribution in [1.29, 1.82) is 0 Å². The summed E-state index contributed by atoms with van der Waals surface area (Å²) < 4.78 is 17.9. The topological polar surface area (TPSA) is 49.7 Å². The van der Waals surface area contributed by atoms with Crippen LogP contribution >= 0.6 is 0 Å². The van der Waals surface area contributed by atoms with Crippen molar-refractivity contribution in [2.75, 3.05) is 0 Å². The molecule has 66 valence electrons. The first kappa shape index (κ1) is 8.90. The third-order valence-corrected chi connectivity index (χ3v) is 2.03. The van der Waals surface area contributed by atoms with Crippen LogP contribution < -0.4 is 0 Å². The van der Waals surface area contributed by atoms with Crippen LogP contribution in [0.25, 0.3) is 0 Å². The molecule has 0 aromatic rings. The molecule has 3 nitrogen and oxygen atoms in total. The van der Waals surface area contributed by atoms with E-state index >= 15 is 0 Å². The van der Waals surface area contributed by atoms with E-state index < -0.39 is 30.6 Å². The second-order valence-electron chi connectivity index (χ2n) is 2.97. The van der Waals surface area contributed by atoms with Gasteiger partial charge in [0.25, 0.3) is 0 Å². The smallest absolute Gasteiger partial charge is 0.154 e. The van der Waals surface area contributed by atoms with E-state index in [1.165, 1.54) is 6.92 Å². The van der Waals surface area contributed by atoms with Crippen LogP contribution in [-0.2, 0) is 4.74 Å². The summed E-state index contributed by atoms with van der Waals surface area (Å²) in [6, 6.07) is 0. The molecule has 0 radical (unpaired) electrons. The Bertz CT molecular complexity index is 128. The van der Waals surface area contributed by atoms with Gasteiger partial charge in [-0.1, -0.05) is 0 Å². The Morgan fingerprint density at radius 3 is 2.18 bits per heavy atom. The zero-order valence-corrected chi connectivity index (χ0v) is 6.57. The number of aliphatic hydroxyl groups excluding tert-OH is 2. The molecule has 5 atom stereocenters. The fourth-order valence-corrected chi connectivity index (χ4v) is 1.24. The lowest BCUT2D eigenvalue weighted by atomic mass is 9.98. The largest absolute Gasteiger partial charge is 0.388 e. The summed E-state index contributed by atoms with van der Waals surface area (Å²) in [4.78, 5) is 0. The van der Waals surface area contributed by atoms with Crippen LogP contribution in [0.1, 0.15) is 13.8 Å². The van der Waals surface area contributed by atoms with Gasteiger partial charge in [-0.3, -0.25) is 0 Å². The lowest BCUT2D eigenvalue weighted by Gasteiger charge is -2.36. The molecule has 0 amide bonds. The van der Waals surface area contributed by atoms with Gasteiger partial charge in [-0.2, -0.15) is 0 Å². The molecule has 0 spiro atoms. The van der Waals surface area contributed by atoms with E-state index in [1.807, 2.05) is 0 Å². The van der Waals surface area contributed by atoms with E-state index in [4.69, 9.17) is 14.9 Å². The quantitative estimate of drug-likeness (QED) is 0.523. The predicted molar refractivity (Wildman–Crippen MR) is 36.9 cm³/mol. The minimum atomic E-state index is -1.48. The molecule has 5 unspecified atom stereocenters. The maximum atomic E-state index is 12.9. The summed E-state index contributed by atoms with van der Waals surface area (Å²) >= 11 is 0. The van der Waals surface area contributed by atoms with Gasteiger partial charge in [-0.05, 0) is 13.8 Å². The molecule has 4 heteroatoms. The summed E-state index contributed by atoms with van der Waals surface area (Å²) in [5.74, 6) is 0. The van der Waals surface area contributed by atoms with Crippen molar-refractivity contribution in [3.8, 4) is 0 Å². The van der Waals surface area contributed by atoms with Crippen LogP contribution in [0.5, 0.6) is 0 Å². The van der Waals surface area contributed by atoms with E-state index in [2.05, 4.69) is 0 Å². The number of ether oxygens (including phenoxy) is 1. The zero-order chi connectivity index (χ0) is 8.59. The Morgan fingerprint density at radius 2 is 1.64 bits per heavy atom. The summed E-state index contributed by atoms with van der Waals surface area (Å²) in [5.41, 5.74) is 0. The maximum Gasteiger partial charge on any atom is 0.154 e. The lowest BCUT2D eigenvalue weighted by molar-refractivity contribution is -0.192. The number of aliphatic hydroxyl groups is 2. The lowest BCUT2D eigenvalue weighted by Crippen LogP contribution is -2.53. The number of halogens is 1. The molecule has 0 bridgehead atoms. The zero-order valence-electron chi connectivity index (χ0n) is 6.57. The minimum Gasteiger partial charge on any atom is -0.388 e. The standard InChI is InChI=1S/C7H13FO3/c1-3-5(8)7(10)6(9)4(2)11-3/h3-7,9-10H,1-2H3. The van der Waals surface area contributed by atoms with Gasteiger partial charge in [-0.15, -0.1) is 0 Å². The van der Waals surface area contributed by atoms with Gasteiger partial charge in [-0.25, -0.2) is 4.39 Å². The van der Waals surface area contributed by atoms with Crippen molar-refractivity contribution in [3.63, 3.8) is 0 Å². The highest BCUT2D eigenvalue weighted by Crippen LogP contribution is 2.22. The molecule has 1 fully saturated rings. The predicted octanol–water partition coefficient (Wildman–Crippen LogP) is -0.147. The SMILES string of the molecule is CC1OC(C)C(F)C(O)C1O. The van der Waals surface area contributed by atoms with E-state index in [1.54, 1.807) is 6.92 Å². The van der Waals surface area contributed by atoms with Crippen molar-refractivity contribution >= 4 is 0 Å². The molecular formula is C7H13FO3. The van der Waals surface area contributed by atoms with Gasteiger partial charge in [0, 0.05) is 0 Å². The first-order valence-electron chi connectivity index (χ1n) is 3.69. The van der Waals surface area contributed by atoms with Crippen LogP contribution in [0, 0.1) is 0 Å². The van der Waals surface area contributed by atoms with Gasteiger partial charge in [0.1, 0.15) is 12.2 Å². The number of hydrogen-bond donors (Lipinski definition) is 2. The second kappa shape index (κ2) is 3.05. The maximum absolute atomic E-state index is 12.9. The van der Waals surface area contributed by atoms with Crippen LogP contribution in [-0.4, -0.2) is 40.8 Å². The van der Waals surface area contributed by atoms with Crippen LogP contribution in [0.15, 0.2) is 0 Å². The van der Waals surface area contributed by atoms with E-state index in [0.717, 1.165) is 0 Å². The van der Waals surface area contributed by atoms with Gasteiger partial charge < -0.3 is 14.9 Å². The van der Waals surface area contributed by atoms with E-state index in [-0.39, 0.29) is 0 Å². The van der Waals surface area contributed by atoms with Crippen molar-refractivity contribution in [2.45, 2.75) is 44.4 Å². The highest BCUT2D eigenvalue weighted by atomic mass is 19.1. The third-order valence-electron chi connectivity index (χ3n) is 2.03. The summed E-state index contributed by atoms with van der Waals surface area (Å²) in [6.45, 7) is 3.15. The van der Waals surface area contributed by atoms with Crippen molar-refractivity contribution in [3.05, 3.63) is 0 Å². The molecular weight excluding hydrogens is 151 g/mol. The van der Waals surface area contributed by atoms with Crippen LogP contribution in [0.3, 0.4) is 0 Å². The van der Waals surface area contributed by atoms with Crippen LogP contribution in [0.4, 0.5) is 4.39 Å². The average molecular weight is 164 g/mol. The molecule has 0 aromatic carbocycles. The minimum absolute atomic E-state index is 0.494. The molecule has 0 aromatic heterocycles. The first-order chi connectivity index (χ1) is 5.04. The number of rotatable bonds is 0. The molecule has 1 saturated heterocycles. The van der Waals surface area contributed by atoms with Crippen molar-refractivity contribution < 1.29 is 19.3 Å². The van der Waals surface area contributed by atoms with Crippen LogP contribution in [0.2, 0.25) is 0 Å². The molecule has 1 aliphatic heterocycles. The highest BCUT2D eigenvalue weighted by molar-refractivity contribution is 4.88. The Kier molecular flexibility index (Phi) is 2.47. The molecule has 0 saturated carbocycles. The summed E-state index contributed by atoms with van der Waals surface area (Å²) in [7, 11) is 0. The fourth-order valence-electron chi connectivity index (χ4n) is 1.24. The number of hydrogen-bond acceptors (Lipinski definition) is 3. The number of alkyl halides is 1. The molecule has 11 heavy (non-hydrogen) atoms. The second-order valence-corrected chi connectivity index (χ2v) is 2.97. The van der Waals surface area contributed by atoms with Gasteiger partial charge in [0.2, 0.25) is 0 Å². The normalized spacial score (nSPS) is 52.6. The van der Waals surface area contributed by atoms with Gasteiger partial charge in [0.05, 0.1) is 12.2 Å². The highest BCUT2D eigenvalue weighted by Gasteiger charge is 2.40. The molecule has 1 aliphatic rings. The Hall–Kier alpha value is -0.190. The van der Waals surface area contributed by atoms with E-state index in [0.29, 0.717) is 0 Å². The molecule has 2 N–H and O–H groups in total. The average Bonchev–Trinajstić information content (AvgIpc) is 1.97. The van der Waals surface area contributed by atoms with Crippen molar-refractivity contribution in [1.82, 2.24) is 0 Å². The molecule has 0 aliphatic carbocycles. The van der Waals surface area contributed by atoms with Gasteiger partial charge in [0.15, 0.2) is 6.17 Å². The summed E-state index contributed by atoms with van der Waals surface area (Å²) in [6.07, 6.45) is -5.04. The monoisotopic (exact) mass is 164 g/mol.